The molecular weight excluding hydrogens is 489 g/mol. The first kappa shape index (κ1) is 24.8. The van der Waals surface area contributed by atoms with Gasteiger partial charge in [0.15, 0.2) is 0 Å². The Balaban J connectivity index is 1.51. The van der Waals surface area contributed by atoms with Gasteiger partial charge in [0.05, 0.1) is 12.1 Å². The van der Waals surface area contributed by atoms with Gasteiger partial charge in [-0.3, -0.25) is 14.1 Å². The Hall–Kier alpha value is -4.93. The number of halogens is 1. The predicted octanol–water partition coefficient (Wildman–Crippen LogP) is 4.11. The normalized spacial score (nSPS) is 11.1. The van der Waals surface area contributed by atoms with E-state index in [9.17, 15) is 19.1 Å². The van der Waals surface area contributed by atoms with Crippen LogP contribution in [0.5, 0.6) is 0 Å². The summed E-state index contributed by atoms with van der Waals surface area (Å²) in [5.74, 6) is -1.63. The second kappa shape index (κ2) is 10.6. The molecule has 0 radical (unpaired) electrons. The Labute approximate surface area is 216 Å². The standard InChI is InChI=1S/C27H24FN7O3/c1-2-3-5-19-16-35(24-21(26(36)37)6-4-7-23(24)28)27(38)34(19)15-17-8-10-18(11-9-17)22-14-29-13-12-20(22)25-30-32-33-31-25/h4,6-14,16H,2-3,5,15H2,1H3,(H,36,37)(H,30,31,32,33). The molecule has 5 aromatic rings. The van der Waals surface area contributed by atoms with Crippen molar-refractivity contribution in [2.75, 3.05) is 0 Å². The molecular formula is C27H24FN7O3. The van der Waals surface area contributed by atoms with Crippen LogP contribution in [-0.4, -0.2) is 45.8 Å². The fraction of sp³-hybridized carbons (Fsp3) is 0.185. The molecule has 0 aliphatic rings. The summed E-state index contributed by atoms with van der Waals surface area (Å²) < 4.78 is 17.5. The number of pyridine rings is 1. The van der Waals surface area contributed by atoms with E-state index in [1.54, 1.807) is 23.2 Å². The van der Waals surface area contributed by atoms with Gasteiger partial charge in [-0.25, -0.2) is 14.0 Å². The summed E-state index contributed by atoms with van der Waals surface area (Å²) in [5, 5.41) is 23.8. The molecule has 5 rings (SSSR count). The van der Waals surface area contributed by atoms with Gasteiger partial charge in [-0.15, -0.1) is 10.2 Å². The summed E-state index contributed by atoms with van der Waals surface area (Å²) in [6.45, 7) is 2.28. The molecule has 0 spiro atoms. The Bertz CT molecular complexity index is 1640. The van der Waals surface area contributed by atoms with Crippen LogP contribution in [0.4, 0.5) is 4.39 Å². The maximum atomic E-state index is 14.8. The molecule has 0 saturated heterocycles. The minimum Gasteiger partial charge on any atom is -0.478 e. The highest BCUT2D eigenvalue weighted by molar-refractivity contribution is 5.92. The second-order valence-corrected chi connectivity index (χ2v) is 8.76. The molecule has 0 bridgehead atoms. The number of carboxylic acids is 1. The zero-order chi connectivity index (χ0) is 26.6. The summed E-state index contributed by atoms with van der Waals surface area (Å²) in [6.07, 6.45) is 7.25. The van der Waals surface area contributed by atoms with E-state index in [0.29, 0.717) is 17.9 Å². The molecule has 0 atom stereocenters. The first-order chi connectivity index (χ1) is 18.5. The zero-order valence-electron chi connectivity index (χ0n) is 20.5. The Kier molecular flexibility index (Phi) is 6.90. The number of benzene rings is 2. The number of H-pyrrole nitrogens is 1. The number of rotatable bonds is 9. The predicted molar refractivity (Wildman–Crippen MR) is 138 cm³/mol. The molecule has 0 aliphatic heterocycles. The number of nitrogens with zero attached hydrogens (tertiary/aromatic N) is 6. The summed E-state index contributed by atoms with van der Waals surface area (Å²) in [5.41, 5.74) is 3.00. The van der Waals surface area contributed by atoms with Gasteiger partial charge in [0.1, 0.15) is 11.5 Å². The van der Waals surface area contributed by atoms with E-state index >= 15 is 0 Å². The van der Waals surface area contributed by atoms with Gasteiger partial charge < -0.3 is 5.11 Å². The van der Waals surface area contributed by atoms with E-state index in [4.69, 9.17) is 0 Å². The maximum Gasteiger partial charge on any atom is 0.337 e. The Morgan fingerprint density at radius 2 is 1.92 bits per heavy atom. The molecule has 0 saturated carbocycles. The number of para-hydroxylation sites is 1. The van der Waals surface area contributed by atoms with Crippen LogP contribution in [0.25, 0.3) is 28.2 Å². The fourth-order valence-electron chi connectivity index (χ4n) is 4.41. The van der Waals surface area contributed by atoms with Crippen LogP contribution >= 0.6 is 0 Å². The molecule has 10 nitrogen and oxygen atoms in total. The second-order valence-electron chi connectivity index (χ2n) is 8.76. The van der Waals surface area contributed by atoms with Gasteiger partial charge in [-0.1, -0.05) is 43.7 Å². The lowest BCUT2D eigenvalue weighted by molar-refractivity contribution is 0.0696. The average Bonchev–Trinajstić information content (AvgIpc) is 3.57. The number of aromatic amines is 1. The van der Waals surface area contributed by atoms with Crippen molar-refractivity contribution in [1.29, 1.82) is 0 Å². The maximum absolute atomic E-state index is 14.8. The van der Waals surface area contributed by atoms with Crippen molar-refractivity contribution in [1.82, 2.24) is 34.7 Å². The number of aromatic nitrogens is 7. The highest BCUT2D eigenvalue weighted by Crippen LogP contribution is 2.29. The van der Waals surface area contributed by atoms with Crippen LogP contribution in [0.3, 0.4) is 0 Å². The summed E-state index contributed by atoms with van der Waals surface area (Å²) in [6, 6.07) is 13.2. The van der Waals surface area contributed by atoms with Crippen LogP contribution in [0.2, 0.25) is 0 Å². The van der Waals surface area contributed by atoms with Crippen molar-refractivity contribution in [2.24, 2.45) is 0 Å². The van der Waals surface area contributed by atoms with E-state index in [0.717, 1.165) is 45.7 Å². The number of hydrogen-bond donors (Lipinski definition) is 2. The molecule has 0 amide bonds. The van der Waals surface area contributed by atoms with Crippen molar-refractivity contribution < 1.29 is 14.3 Å². The van der Waals surface area contributed by atoms with Crippen molar-refractivity contribution in [3.05, 3.63) is 100 Å². The van der Waals surface area contributed by atoms with Crippen molar-refractivity contribution in [3.63, 3.8) is 0 Å². The van der Waals surface area contributed by atoms with E-state index in [2.05, 4.69) is 25.6 Å². The van der Waals surface area contributed by atoms with Gasteiger partial charge in [0.2, 0.25) is 5.82 Å². The number of tetrazole rings is 1. The van der Waals surface area contributed by atoms with Crippen LogP contribution in [0.1, 0.15) is 41.4 Å². The molecule has 2 aromatic carbocycles. The minimum atomic E-state index is -1.31. The number of carbonyl (C=O) groups is 1. The summed E-state index contributed by atoms with van der Waals surface area (Å²) in [4.78, 5) is 29.5. The third-order valence-corrected chi connectivity index (χ3v) is 6.32. The van der Waals surface area contributed by atoms with Crippen LogP contribution < -0.4 is 5.69 Å². The van der Waals surface area contributed by atoms with Crippen molar-refractivity contribution in [3.8, 4) is 28.2 Å². The van der Waals surface area contributed by atoms with Crippen molar-refractivity contribution in [2.45, 2.75) is 32.7 Å². The van der Waals surface area contributed by atoms with E-state index in [-0.39, 0.29) is 17.8 Å². The highest BCUT2D eigenvalue weighted by atomic mass is 19.1. The van der Waals surface area contributed by atoms with Gasteiger partial charge in [-0.05, 0) is 47.4 Å². The zero-order valence-corrected chi connectivity index (χ0v) is 20.5. The summed E-state index contributed by atoms with van der Waals surface area (Å²) in [7, 11) is 0. The van der Waals surface area contributed by atoms with Gasteiger partial charge in [0, 0.05) is 35.4 Å². The molecule has 38 heavy (non-hydrogen) atoms. The number of imidazole rings is 1. The largest absolute Gasteiger partial charge is 0.478 e. The van der Waals surface area contributed by atoms with Gasteiger partial charge >= 0.3 is 11.7 Å². The van der Waals surface area contributed by atoms with Crippen LogP contribution in [-0.2, 0) is 13.0 Å². The number of aromatic carboxylic acids is 1. The monoisotopic (exact) mass is 513 g/mol. The number of nitrogens with one attached hydrogen (secondary N) is 1. The van der Waals surface area contributed by atoms with Gasteiger partial charge in [0.25, 0.3) is 0 Å². The summed E-state index contributed by atoms with van der Waals surface area (Å²) >= 11 is 0. The van der Waals surface area contributed by atoms with Crippen molar-refractivity contribution >= 4 is 5.97 Å². The van der Waals surface area contributed by atoms with Crippen LogP contribution in [0, 0.1) is 5.82 Å². The number of unbranched alkanes of at least 4 members (excludes halogenated alkanes) is 1. The number of aryl methyl sites for hydroxylation is 1. The lowest BCUT2D eigenvalue weighted by Gasteiger charge is -2.10. The number of carboxylic acid groups (broad SMARTS) is 1. The lowest BCUT2D eigenvalue weighted by Crippen LogP contribution is -2.26. The molecule has 0 unspecified atom stereocenters. The smallest absolute Gasteiger partial charge is 0.337 e. The SMILES string of the molecule is CCCCc1cn(-c2c(F)cccc2C(=O)O)c(=O)n1Cc1ccc(-c2cnccc2-c2nn[nH]n2)cc1. The molecule has 2 N–H and O–H groups in total. The van der Waals surface area contributed by atoms with E-state index in [1.807, 2.05) is 37.3 Å². The molecule has 3 aromatic heterocycles. The highest BCUT2D eigenvalue weighted by Gasteiger charge is 2.21. The quantitative estimate of drug-likeness (QED) is 0.303. The first-order valence-corrected chi connectivity index (χ1v) is 12.1. The fourth-order valence-corrected chi connectivity index (χ4v) is 4.41. The topological polar surface area (TPSA) is 132 Å². The third kappa shape index (κ3) is 4.73. The van der Waals surface area contributed by atoms with E-state index < -0.39 is 17.5 Å². The van der Waals surface area contributed by atoms with E-state index in [1.165, 1.54) is 12.1 Å². The lowest BCUT2D eigenvalue weighted by atomic mass is 10.0. The molecule has 0 fully saturated rings. The molecule has 192 valence electrons. The van der Waals surface area contributed by atoms with Gasteiger partial charge in [-0.2, -0.15) is 5.21 Å². The molecule has 3 heterocycles. The third-order valence-electron chi connectivity index (χ3n) is 6.32. The number of hydrogen-bond acceptors (Lipinski definition) is 6. The Morgan fingerprint density at radius 1 is 1.11 bits per heavy atom. The average molecular weight is 514 g/mol. The molecule has 11 heteroatoms. The minimum absolute atomic E-state index is 0.243. The first-order valence-electron chi connectivity index (χ1n) is 12.1. The van der Waals surface area contributed by atoms with Crippen LogP contribution in [0.15, 0.2) is 71.9 Å². The Morgan fingerprint density at radius 3 is 2.63 bits per heavy atom. The molecule has 0 aliphatic carbocycles.